The number of rotatable bonds is 20. The average molecular weight is 507 g/mol. The first kappa shape index (κ1) is 30.2. The highest BCUT2D eigenvalue weighted by Crippen LogP contribution is 2.41. The van der Waals surface area contributed by atoms with Crippen molar-refractivity contribution in [2.24, 2.45) is 0 Å². The van der Waals surface area contributed by atoms with Crippen LogP contribution >= 0.6 is 31.4 Å². The molecule has 0 aliphatic carbocycles. The molecule has 0 aliphatic heterocycles. The molecule has 0 aliphatic rings. The molecule has 2 unspecified atom stereocenters. The molecule has 0 spiro atoms. The molecule has 0 radical (unpaired) electrons. The molecular formula is C18H42O6S3Si2. The Labute approximate surface area is 192 Å². The Balaban J connectivity index is 4.39. The van der Waals surface area contributed by atoms with Crippen molar-refractivity contribution < 1.29 is 26.6 Å². The minimum atomic E-state index is -2.57. The first-order chi connectivity index (χ1) is 14.0. The van der Waals surface area contributed by atoms with Gasteiger partial charge in [-0.1, -0.05) is 48.3 Å². The maximum atomic E-state index is 5.70. The van der Waals surface area contributed by atoms with Gasteiger partial charge in [0.1, 0.15) is 0 Å². The van der Waals surface area contributed by atoms with Gasteiger partial charge in [0.2, 0.25) is 0 Å². The lowest BCUT2D eigenvalue weighted by atomic mass is 10.2. The summed E-state index contributed by atoms with van der Waals surface area (Å²) in [6.45, 7) is 4.39. The first-order valence-electron chi connectivity index (χ1n) is 10.2. The van der Waals surface area contributed by atoms with Crippen molar-refractivity contribution in [3.8, 4) is 0 Å². The van der Waals surface area contributed by atoms with Crippen molar-refractivity contribution in [1.29, 1.82) is 0 Å². The fraction of sp³-hybridized carbons (Fsp3) is 1.00. The molecule has 0 bridgehead atoms. The van der Waals surface area contributed by atoms with Crippen molar-refractivity contribution in [1.82, 2.24) is 0 Å². The molecule has 0 N–H and O–H groups in total. The fourth-order valence-corrected chi connectivity index (χ4v) is 13.4. The van der Waals surface area contributed by atoms with E-state index in [0.717, 1.165) is 50.0 Å². The highest BCUT2D eigenvalue weighted by atomic mass is 33.5. The Morgan fingerprint density at radius 1 is 0.552 bits per heavy atom. The molecule has 11 heteroatoms. The summed E-state index contributed by atoms with van der Waals surface area (Å²) in [5.41, 5.74) is 0.688. The summed E-state index contributed by atoms with van der Waals surface area (Å²) in [4.78, 5) is 0. The third-order valence-electron chi connectivity index (χ3n) is 5.18. The van der Waals surface area contributed by atoms with E-state index in [-0.39, 0.29) is 0 Å². The van der Waals surface area contributed by atoms with E-state index >= 15 is 0 Å². The lowest BCUT2D eigenvalue weighted by Crippen LogP contribution is -2.47. The van der Waals surface area contributed by atoms with Crippen molar-refractivity contribution in [3.05, 3.63) is 0 Å². The van der Waals surface area contributed by atoms with E-state index in [1.807, 2.05) is 31.4 Å². The second-order valence-electron chi connectivity index (χ2n) is 6.69. The highest BCUT2D eigenvalue weighted by molar-refractivity contribution is 9.09. The second kappa shape index (κ2) is 17.8. The number of hydrogen-bond acceptors (Lipinski definition) is 9. The van der Waals surface area contributed by atoms with Gasteiger partial charge < -0.3 is 26.6 Å². The van der Waals surface area contributed by atoms with Crippen molar-refractivity contribution in [2.45, 2.75) is 63.5 Å². The quantitative estimate of drug-likeness (QED) is 0.114. The molecule has 0 fully saturated rings. The lowest BCUT2D eigenvalue weighted by molar-refractivity contribution is 0.108. The van der Waals surface area contributed by atoms with E-state index in [4.69, 9.17) is 26.6 Å². The molecule has 0 rings (SSSR count). The minimum absolute atomic E-state index is 0.344. The summed E-state index contributed by atoms with van der Waals surface area (Å²) >= 11 is 0. The normalized spacial score (nSPS) is 14.9. The molecule has 6 nitrogen and oxygen atoms in total. The van der Waals surface area contributed by atoms with Gasteiger partial charge in [-0.15, -0.1) is 0 Å². The van der Waals surface area contributed by atoms with Crippen LogP contribution < -0.4 is 0 Å². The molecule has 0 saturated heterocycles. The van der Waals surface area contributed by atoms with Crippen LogP contribution in [0.1, 0.15) is 52.4 Å². The van der Waals surface area contributed by atoms with Gasteiger partial charge in [0.05, 0.1) is 0 Å². The van der Waals surface area contributed by atoms with Gasteiger partial charge in [-0.2, -0.15) is 0 Å². The predicted octanol–water partition coefficient (Wildman–Crippen LogP) is 5.89. The molecule has 2 atom stereocenters. The summed E-state index contributed by atoms with van der Waals surface area (Å²) < 4.78 is 34.2. The standard InChI is InChI=1S/C18H42O6S3Si2/c1-9-11-17(28(19-3,20-4)21-5)13-15-25-27-26-16-14-18(12-10-2)29(22-6,23-7)24-8/h17-18H,9-16H2,1-8H3. The van der Waals surface area contributed by atoms with Gasteiger partial charge in [-0.3, -0.25) is 0 Å². The van der Waals surface area contributed by atoms with Crippen LogP contribution in [0.3, 0.4) is 0 Å². The molecule has 0 amide bonds. The van der Waals surface area contributed by atoms with Gasteiger partial charge in [-0.05, 0) is 35.5 Å². The van der Waals surface area contributed by atoms with Gasteiger partial charge in [0.15, 0.2) is 0 Å². The van der Waals surface area contributed by atoms with Crippen LogP contribution in [0.2, 0.25) is 11.1 Å². The van der Waals surface area contributed by atoms with Crippen LogP contribution in [0, 0.1) is 0 Å². The molecule has 0 saturated carbocycles. The second-order valence-corrected chi connectivity index (χ2v) is 17.7. The summed E-state index contributed by atoms with van der Waals surface area (Å²) in [5, 5.41) is 0. The van der Waals surface area contributed by atoms with E-state index < -0.39 is 17.6 Å². The third-order valence-corrected chi connectivity index (χ3v) is 16.1. The molecular weight excluding hydrogens is 465 g/mol. The lowest BCUT2D eigenvalue weighted by Gasteiger charge is -2.32. The van der Waals surface area contributed by atoms with Crippen molar-refractivity contribution >= 4 is 49.0 Å². The Hall–Kier alpha value is 1.24. The SMILES string of the molecule is CCCC(CCSSSCCC(CCC)[Si](OC)(OC)OC)[Si](OC)(OC)OC. The van der Waals surface area contributed by atoms with Crippen LogP contribution in [-0.4, -0.2) is 71.8 Å². The van der Waals surface area contributed by atoms with E-state index in [9.17, 15) is 0 Å². The fourth-order valence-electron chi connectivity index (χ4n) is 3.68. The van der Waals surface area contributed by atoms with E-state index in [0.29, 0.717) is 11.1 Å². The number of hydrogen-bond donors (Lipinski definition) is 0. The van der Waals surface area contributed by atoms with Gasteiger partial charge in [0.25, 0.3) is 0 Å². The average Bonchev–Trinajstić information content (AvgIpc) is 2.76. The summed E-state index contributed by atoms with van der Waals surface area (Å²) in [7, 11) is 10.7. The first-order valence-corrected chi connectivity index (χ1v) is 17.6. The monoisotopic (exact) mass is 506 g/mol. The van der Waals surface area contributed by atoms with Crippen LogP contribution in [0.25, 0.3) is 0 Å². The summed E-state index contributed by atoms with van der Waals surface area (Å²) in [5.74, 6) is 2.11. The predicted molar refractivity (Wildman–Crippen MR) is 133 cm³/mol. The van der Waals surface area contributed by atoms with Crippen LogP contribution in [-0.2, 0) is 26.6 Å². The minimum Gasteiger partial charge on any atom is -0.377 e. The van der Waals surface area contributed by atoms with Gasteiger partial charge in [-0.25, -0.2) is 0 Å². The Kier molecular flexibility index (Phi) is 18.5. The summed E-state index contributed by atoms with van der Waals surface area (Å²) in [6.07, 6.45) is 6.42. The Morgan fingerprint density at radius 3 is 1.10 bits per heavy atom. The molecule has 29 heavy (non-hydrogen) atoms. The highest BCUT2D eigenvalue weighted by Gasteiger charge is 2.47. The molecule has 0 aromatic carbocycles. The zero-order valence-corrected chi connectivity index (χ0v) is 23.9. The van der Waals surface area contributed by atoms with Crippen molar-refractivity contribution in [3.63, 3.8) is 0 Å². The zero-order chi connectivity index (χ0) is 22.2. The summed E-state index contributed by atoms with van der Waals surface area (Å²) in [6, 6.07) is 0. The molecule has 0 aromatic heterocycles. The Bertz CT molecular complexity index is 340. The van der Waals surface area contributed by atoms with Gasteiger partial charge >= 0.3 is 17.6 Å². The van der Waals surface area contributed by atoms with Crippen LogP contribution in [0.5, 0.6) is 0 Å². The maximum Gasteiger partial charge on any atom is 0.503 e. The largest absolute Gasteiger partial charge is 0.503 e. The van der Waals surface area contributed by atoms with Crippen molar-refractivity contribution in [2.75, 3.05) is 54.2 Å². The zero-order valence-electron chi connectivity index (χ0n) is 19.5. The third kappa shape index (κ3) is 9.72. The van der Waals surface area contributed by atoms with Crippen LogP contribution in [0.15, 0.2) is 0 Å². The van der Waals surface area contributed by atoms with Crippen LogP contribution in [0.4, 0.5) is 0 Å². The van der Waals surface area contributed by atoms with E-state index in [2.05, 4.69) is 13.8 Å². The smallest absolute Gasteiger partial charge is 0.377 e. The molecule has 0 aromatic rings. The van der Waals surface area contributed by atoms with E-state index in [1.54, 1.807) is 42.7 Å². The molecule has 0 heterocycles. The molecule has 176 valence electrons. The Morgan fingerprint density at radius 2 is 0.862 bits per heavy atom. The van der Waals surface area contributed by atoms with Gasteiger partial charge in [0, 0.05) is 65.2 Å². The topological polar surface area (TPSA) is 55.4 Å². The van der Waals surface area contributed by atoms with E-state index in [1.165, 1.54) is 0 Å². The maximum absolute atomic E-state index is 5.70.